The fourth-order valence-electron chi connectivity index (χ4n) is 4.20. The lowest BCUT2D eigenvalue weighted by Crippen LogP contribution is -2.37. The van der Waals surface area contributed by atoms with E-state index in [4.69, 9.17) is 4.74 Å². The van der Waals surface area contributed by atoms with E-state index in [0.29, 0.717) is 37.1 Å². The number of amides is 3. The number of hydrogen-bond donors (Lipinski definition) is 0. The van der Waals surface area contributed by atoms with E-state index in [0.717, 1.165) is 11.3 Å². The molecular weight excluding hydrogens is 388 g/mol. The lowest BCUT2D eigenvalue weighted by molar-refractivity contribution is -0.152. The molecule has 1 aromatic rings. The van der Waals surface area contributed by atoms with Gasteiger partial charge in [0.05, 0.1) is 11.8 Å². The van der Waals surface area contributed by atoms with Crippen molar-refractivity contribution in [3.8, 4) is 0 Å². The Hall–Kier alpha value is -3.29. The first kappa shape index (κ1) is 20.0. The second-order valence-corrected chi connectivity index (χ2v) is 7.70. The van der Waals surface area contributed by atoms with Crippen LogP contribution in [0, 0.1) is 11.8 Å². The van der Waals surface area contributed by atoms with Crippen molar-refractivity contribution in [1.29, 1.82) is 0 Å². The van der Waals surface area contributed by atoms with Crippen LogP contribution in [0.3, 0.4) is 0 Å². The molecule has 2 saturated heterocycles. The minimum atomic E-state index is -0.803. The normalized spacial score (nSPS) is 23.1. The Kier molecular flexibility index (Phi) is 5.48. The smallest absolute Gasteiger partial charge is 0.326 e. The number of allylic oxidation sites excluding steroid dienone is 2. The molecule has 0 aromatic heterocycles. The largest absolute Gasteiger partial charge is 0.456 e. The van der Waals surface area contributed by atoms with Gasteiger partial charge in [0.25, 0.3) is 0 Å². The van der Waals surface area contributed by atoms with Gasteiger partial charge >= 0.3 is 5.97 Å². The number of esters is 1. The topological polar surface area (TPSA) is 101 Å². The lowest BCUT2D eigenvalue weighted by Gasteiger charge is -2.16. The summed E-state index contributed by atoms with van der Waals surface area (Å²) >= 11 is 0. The minimum Gasteiger partial charge on any atom is -0.456 e. The molecule has 0 saturated carbocycles. The molecule has 0 unspecified atom stereocenters. The molecule has 1 aromatic carbocycles. The van der Waals surface area contributed by atoms with Gasteiger partial charge in [0.2, 0.25) is 17.7 Å². The second kappa shape index (κ2) is 8.22. The summed E-state index contributed by atoms with van der Waals surface area (Å²) in [5.74, 6) is -2.75. The number of rotatable bonds is 6. The average molecular weight is 410 g/mol. The molecule has 30 heavy (non-hydrogen) atoms. The summed E-state index contributed by atoms with van der Waals surface area (Å²) in [6.07, 6.45) is 6.00. The first-order valence-corrected chi connectivity index (χ1v) is 10.0. The summed E-state index contributed by atoms with van der Waals surface area (Å²) in [6.45, 7) is -0.373. The number of fused-ring (bicyclic) bond motifs is 1. The fourth-order valence-corrected chi connectivity index (χ4v) is 4.20. The lowest BCUT2D eigenvalue weighted by atomic mass is 9.85. The molecule has 0 N–H and O–H groups in total. The molecule has 2 heterocycles. The molecule has 0 spiro atoms. The number of benzene rings is 1. The van der Waals surface area contributed by atoms with Crippen LogP contribution in [0.15, 0.2) is 36.4 Å². The van der Waals surface area contributed by atoms with Crippen molar-refractivity contribution in [2.75, 3.05) is 24.6 Å². The van der Waals surface area contributed by atoms with Gasteiger partial charge in [0.1, 0.15) is 6.54 Å². The molecule has 1 aliphatic carbocycles. The molecule has 156 valence electrons. The molecule has 2 atom stereocenters. The first-order valence-electron chi connectivity index (χ1n) is 10.0. The number of carbonyl (C=O) groups is 5. The predicted molar refractivity (Wildman–Crippen MR) is 105 cm³/mol. The Labute approximate surface area is 173 Å². The van der Waals surface area contributed by atoms with Crippen LogP contribution in [0.25, 0.3) is 0 Å². The van der Waals surface area contributed by atoms with Crippen LogP contribution in [-0.2, 0) is 23.9 Å². The van der Waals surface area contributed by atoms with Crippen LogP contribution in [0.1, 0.15) is 36.0 Å². The van der Waals surface area contributed by atoms with Gasteiger partial charge in [-0.3, -0.25) is 28.9 Å². The number of carbonyl (C=O) groups excluding carboxylic acids is 5. The second-order valence-electron chi connectivity index (χ2n) is 7.70. The molecule has 0 radical (unpaired) electrons. The van der Waals surface area contributed by atoms with Crippen molar-refractivity contribution in [1.82, 2.24) is 4.90 Å². The molecule has 4 rings (SSSR count). The number of anilines is 1. The number of likely N-dealkylation sites (tertiary alicyclic amines) is 1. The van der Waals surface area contributed by atoms with Crippen LogP contribution in [-0.4, -0.2) is 54.1 Å². The number of hydrogen-bond acceptors (Lipinski definition) is 6. The predicted octanol–water partition coefficient (Wildman–Crippen LogP) is 1.49. The number of ether oxygens (including phenoxy) is 1. The van der Waals surface area contributed by atoms with Crippen molar-refractivity contribution in [2.24, 2.45) is 11.8 Å². The molecule has 3 amide bonds. The summed E-state index contributed by atoms with van der Waals surface area (Å²) < 4.78 is 5.03. The molecule has 2 aliphatic heterocycles. The highest BCUT2D eigenvalue weighted by Gasteiger charge is 2.47. The summed E-state index contributed by atoms with van der Waals surface area (Å²) in [6, 6.07) is 6.62. The molecule has 3 aliphatic rings. The van der Waals surface area contributed by atoms with Gasteiger partial charge in [0.15, 0.2) is 12.4 Å². The Morgan fingerprint density at radius 2 is 1.73 bits per heavy atom. The standard InChI is InChI=1S/C22H22N2O6/c25-18(14-5-3-6-15(11-14)23-10-4-9-19(23)26)13-30-20(27)12-24-21(28)16-7-1-2-8-17(16)22(24)29/h1-3,5-6,11,16-17H,4,7-10,12-13H2/t16-,17-/m1/s1. The van der Waals surface area contributed by atoms with E-state index in [-0.39, 0.29) is 17.7 Å². The van der Waals surface area contributed by atoms with Gasteiger partial charge < -0.3 is 9.64 Å². The Morgan fingerprint density at radius 3 is 2.37 bits per heavy atom. The van der Waals surface area contributed by atoms with Crippen molar-refractivity contribution in [3.63, 3.8) is 0 Å². The highest BCUT2D eigenvalue weighted by molar-refractivity contribution is 6.07. The summed E-state index contributed by atoms with van der Waals surface area (Å²) in [4.78, 5) is 63.8. The Bertz CT molecular complexity index is 927. The highest BCUT2D eigenvalue weighted by atomic mass is 16.5. The van der Waals surface area contributed by atoms with Gasteiger partial charge in [0, 0.05) is 24.2 Å². The fraction of sp³-hybridized carbons (Fsp3) is 0.409. The summed E-state index contributed by atoms with van der Waals surface area (Å²) in [5.41, 5.74) is 0.963. The quantitative estimate of drug-likeness (QED) is 0.305. The Balaban J connectivity index is 1.33. The SMILES string of the molecule is O=C(CN1C(=O)[C@@H]2CC=CC[C@H]2C1=O)OCC(=O)c1cccc(N2CCCC2=O)c1. The van der Waals surface area contributed by atoms with E-state index in [1.807, 2.05) is 12.2 Å². The van der Waals surface area contributed by atoms with Crippen LogP contribution >= 0.6 is 0 Å². The maximum atomic E-state index is 12.4. The zero-order valence-electron chi connectivity index (χ0n) is 16.4. The third kappa shape index (κ3) is 3.77. The third-order valence-electron chi connectivity index (χ3n) is 5.80. The van der Waals surface area contributed by atoms with Crippen molar-refractivity contribution in [3.05, 3.63) is 42.0 Å². The average Bonchev–Trinajstić information content (AvgIpc) is 3.29. The molecule has 2 fully saturated rings. The van der Waals surface area contributed by atoms with Crippen LogP contribution in [0.2, 0.25) is 0 Å². The van der Waals surface area contributed by atoms with E-state index in [1.165, 1.54) is 0 Å². The molecule has 8 heteroatoms. The van der Waals surface area contributed by atoms with E-state index < -0.39 is 36.7 Å². The molecule has 0 bridgehead atoms. The first-order chi connectivity index (χ1) is 14.5. The number of ketones is 1. The number of nitrogens with zero attached hydrogens (tertiary/aromatic N) is 2. The minimum absolute atomic E-state index is 0.0155. The van der Waals surface area contributed by atoms with Crippen molar-refractivity contribution < 1.29 is 28.7 Å². The van der Waals surface area contributed by atoms with Crippen LogP contribution in [0.4, 0.5) is 5.69 Å². The van der Waals surface area contributed by atoms with Gasteiger partial charge in [-0.25, -0.2) is 0 Å². The van der Waals surface area contributed by atoms with Gasteiger partial charge in [-0.15, -0.1) is 0 Å². The van der Waals surface area contributed by atoms with E-state index >= 15 is 0 Å². The van der Waals surface area contributed by atoms with E-state index in [1.54, 1.807) is 29.2 Å². The summed E-state index contributed by atoms with van der Waals surface area (Å²) in [5, 5.41) is 0. The highest BCUT2D eigenvalue weighted by Crippen LogP contribution is 2.34. The van der Waals surface area contributed by atoms with E-state index in [9.17, 15) is 24.0 Å². The van der Waals surface area contributed by atoms with Crippen LogP contribution in [0.5, 0.6) is 0 Å². The van der Waals surface area contributed by atoms with Crippen molar-refractivity contribution >= 4 is 35.2 Å². The maximum absolute atomic E-state index is 12.4. The zero-order chi connectivity index (χ0) is 21.3. The van der Waals surface area contributed by atoms with Gasteiger partial charge in [-0.2, -0.15) is 0 Å². The van der Waals surface area contributed by atoms with E-state index in [2.05, 4.69) is 0 Å². The third-order valence-corrected chi connectivity index (χ3v) is 5.80. The monoisotopic (exact) mass is 410 g/mol. The number of imide groups is 1. The molecule has 8 nitrogen and oxygen atoms in total. The zero-order valence-corrected chi connectivity index (χ0v) is 16.4. The number of Topliss-reactive ketones (excluding diaryl/α,β-unsaturated/α-hetero) is 1. The maximum Gasteiger partial charge on any atom is 0.326 e. The van der Waals surface area contributed by atoms with Crippen molar-refractivity contribution in [2.45, 2.75) is 25.7 Å². The Morgan fingerprint density at radius 1 is 1.03 bits per heavy atom. The van der Waals surface area contributed by atoms with Gasteiger partial charge in [-0.05, 0) is 31.4 Å². The molecular formula is C22H22N2O6. The van der Waals surface area contributed by atoms with Gasteiger partial charge in [-0.1, -0.05) is 24.3 Å². The van der Waals surface area contributed by atoms with Crippen LogP contribution < -0.4 is 4.90 Å². The summed E-state index contributed by atoms with van der Waals surface area (Å²) in [7, 11) is 0.